The number of nitrogens with one attached hydrogen (secondary N) is 2. The standard InChI is InChI=1S/C19H23F3N6O2S/c1-10-14(15(28-18(26-10)31-2)11-3-6-23-7-4-11)16(30)25-9-13(29)12-5-8-24-17(27-12)19(20,21)22/h5,8,11,13,23,29H,3-4,6-7,9H2,1-2H3,(H,25,30). The Kier molecular flexibility index (Phi) is 7.44. The number of alkyl halides is 3. The number of aromatic nitrogens is 4. The highest BCUT2D eigenvalue weighted by atomic mass is 32.2. The van der Waals surface area contributed by atoms with Gasteiger partial charge in [0.1, 0.15) is 6.10 Å². The summed E-state index contributed by atoms with van der Waals surface area (Å²) in [6.07, 6.45) is -1.72. The van der Waals surface area contributed by atoms with E-state index in [1.807, 2.05) is 6.26 Å². The van der Waals surface area contributed by atoms with Gasteiger partial charge in [-0.2, -0.15) is 13.2 Å². The molecule has 0 spiro atoms. The molecule has 1 aliphatic heterocycles. The SMILES string of the molecule is CSc1nc(C)c(C(=O)NCC(O)c2ccnc(C(F)(F)F)n2)c(C2CCNCC2)n1. The number of rotatable bonds is 6. The second kappa shape index (κ2) is 9.88. The normalized spacial score (nSPS) is 16.2. The van der Waals surface area contributed by atoms with Crippen LogP contribution in [0.15, 0.2) is 17.4 Å². The zero-order valence-electron chi connectivity index (χ0n) is 17.0. The van der Waals surface area contributed by atoms with Crippen LogP contribution < -0.4 is 10.6 Å². The van der Waals surface area contributed by atoms with Gasteiger partial charge in [0.2, 0.25) is 5.82 Å². The molecule has 31 heavy (non-hydrogen) atoms. The van der Waals surface area contributed by atoms with Crippen molar-refractivity contribution in [1.29, 1.82) is 0 Å². The molecule has 1 aliphatic rings. The minimum absolute atomic E-state index is 0.0933. The first-order valence-corrected chi connectivity index (χ1v) is 10.9. The molecule has 0 aromatic carbocycles. The highest BCUT2D eigenvalue weighted by Crippen LogP contribution is 2.30. The molecular weight excluding hydrogens is 433 g/mol. The van der Waals surface area contributed by atoms with Crippen LogP contribution in [0.4, 0.5) is 13.2 Å². The Hall–Kier alpha value is -2.31. The number of aryl methyl sites for hydroxylation is 1. The molecule has 1 unspecified atom stereocenters. The van der Waals surface area contributed by atoms with Gasteiger partial charge in [-0.3, -0.25) is 4.79 Å². The van der Waals surface area contributed by atoms with Crippen molar-refractivity contribution in [1.82, 2.24) is 30.6 Å². The lowest BCUT2D eigenvalue weighted by Gasteiger charge is -2.25. The van der Waals surface area contributed by atoms with Gasteiger partial charge in [-0.25, -0.2) is 19.9 Å². The van der Waals surface area contributed by atoms with Crippen molar-refractivity contribution >= 4 is 17.7 Å². The number of aliphatic hydroxyl groups is 1. The van der Waals surface area contributed by atoms with Gasteiger partial charge >= 0.3 is 6.18 Å². The fourth-order valence-electron chi connectivity index (χ4n) is 3.41. The Morgan fingerprint density at radius 3 is 2.68 bits per heavy atom. The fraction of sp³-hybridized carbons (Fsp3) is 0.526. The van der Waals surface area contributed by atoms with E-state index in [0.717, 1.165) is 32.1 Å². The molecule has 2 aromatic rings. The first kappa shape index (κ1) is 23.4. The number of halogens is 3. The summed E-state index contributed by atoms with van der Waals surface area (Å²) in [5, 5.41) is 16.7. The summed E-state index contributed by atoms with van der Waals surface area (Å²) in [7, 11) is 0. The molecule has 0 bridgehead atoms. The maximum absolute atomic E-state index is 13.0. The molecule has 1 saturated heterocycles. The molecule has 1 atom stereocenters. The second-order valence-corrected chi connectivity index (χ2v) is 7.88. The molecule has 3 rings (SSSR count). The van der Waals surface area contributed by atoms with Gasteiger partial charge in [0.05, 0.1) is 22.6 Å². The number of carbonyl (C=O) groups is 1. The van der Waals surface area contributed by atoms with Crippen molar-refractivity contribution < 1.29 is 23.1 Å². The van der Waals surface area contributed by atoms with Gasteiger partial charge in [0.25, 0.3) is 5.91 Å². The molecule has 1 fully saturated rings. The van der Waals surface area contributed by atoms with E-state index in [-0.39, 0.29) is 18.2 Å². The number of thioether (sulfide) groups is 1. The van der Waals surface area contributed by atoms with E-state index in [2.05, 4.69) is 30.6 Å². The summed E-state index contributed by atoms with van der Waals surface area (Å²) in [6.45, 7) is 3.04. The molecule has 168 valence electrons. The summed E-state index contributed by atoms with van der Waals surface area (Å²) in [5.74, 6) is -1.74. The molecule has 2 aromatic heterocycles. The van der Waals surface area contributed by atoms with Gasteiger partial charge in [-0.05, 0) is 45.2 Å². The summed E-state index contributed by atoms with van der Waals surface area (Å²) >= 11 is 1.38. The fourth-order valence-corrected chi connectivity index (χ4v) is 3.83. The van der Waals surface area contributed by atoms with Crippen LogP contribution in [0.5, 0.6) is 0 Å². The molecule has 3 N–H and O–H groups in total. The Morgan fingerprint density at radius 1 is 1.32 bits per heavy atom. The van der Waals surface area contributed by atoms with Crippen molar-refractivity contribution in [2.24, 2.45) is 0 Å². The van der Waals surface area contributed by atoms with Crippen molar-refractivity contribution in [2.75, 3.05) is 25.9 Å². The molecular formula is C19H23F3N6O2S. The zero-order valence-corrected chi connectivity index (χ0v) is 17.8. The van der Waals surface area contributed by atoms with Crippen LogP contribution >= 0.6 is 11.8 Å². The number of piperidine rings is 1. The molecule has 8 nitrogen and oxygen atoms in total. The highest BCUT2D eigenvalue weighted by Gasteiger charge is 2.35. The van der Waals surface area contributed by atoms with Crippen LogP contribution in [0.2, 0.25) is 0 Å². The molecule has 3 heterocycles. The Bertz CT molecular complexity index is 937. The van der Waals surface area contributed by atoms with Gasteiger partial charge in [-0.1, -0.05) is 11.8 Å². The van der Waals surface area contributed by atoms with E-state index in [0.29, 0.717) is 22.1 Å². The number of amides is 1. The molecule has 0 radical (unpaired) electrons. The van der Waals surface area contributed by atoms with E-state index >= 15 is 0 Å². The van der Waals surface area contributed by atoms with Crippen LogP contribution in [0.1, 0.15) is 58.1 Å². The van der Waals surface area contributed by atoms with Crippen LogP contribution in [0.3, 0.4) is 0 Å². The third-order valence-electron chi connectivity index (χ3n) is 4.96. The van der Waals surface area contributed by atoms with E-state index in [9.17, 15) is 23.1 Å². The van der Waals surface area contributed by atoms with Gasteiger partial charge in [-0.15, -0.1) is 0 Å². The third-order valence-corrected chi connectivity index (χ3v) is 5.51. The molecule has 0 aliphatic carbocycles. The summed E-state index contributed by atoms with van der Waals surface area (Å²) < 4.78 is 38.4. The van der Waals surface area contributed by atoms with Crippen molar-refractivity contribution in [3.8, 4) is 0 Å². The smallest absolute Gasteiger partial charge is 0.385 e. The van der Waals surface area contributed by atoms with Crippen LogP contribution in [-0.2, 0) is 6.18 Å². The van der Waals surface area contributed by atoms with Crippen molar-refractivity contribution in [2.45, 2.75) is 43.1 Å². The van der Waals surface area contributed by atoms with Crippen molar-refractivity contribution in [3.05, 3.63) is 40.7 Å². The van der Waals surface area contributed by atoms with Gasteiger partial charge in [0, 0.05) is 18.7 Å². The molecule has 12 heteroatoms. The topological polar surface area (TPSA) is 113 Å². The number of carbonyl (C=O) groups excluding carboxylic acids is 1. The van der Waals surface area contributed by atoms with Crippen LogP contribution in [-0.4, -0.2) is 56.8 Å². The Labute approximate surface area is 181 Å². The number of hydrogen-bond acceptors (Lipinski definition) is 8. The van der Waals surface area contributed by atoms with Crippen molar-refractivity contribution in [3.63, 3.8) is 0 Å². The van der Waals surface area contributed by atoms with Crippen LogP contribution in [0.25, 0.3) is 0 Å². The summed E-state index contributed by atoms with van der Waals surface area (Å²) in [5.41, 5.74) is 1.29. The predicted octanol–water partition coefficient (Wildman–Crippen LogP) is 2.25. The lowest BCUT2D eigenvalue weighted by Crippen LogP contribution is -2.33. The maximum atomic E-state index is 13.0. The van der Waals surface area contributed by atoms with Gasteiger partial charge < -0.3 is 15.7 Å². The van der Waals surface area contributed by atoms with E-state index in [1.165, 1.54) is 17.8 Å². The number of aliphatic hydroxyl groups excluding tert-OH is 1. The molecule has 1 amide bonds. The maximum Gasteiger partial charge on any atom is 0.451 e. The van der Waals surface area contributed by atoms with Crippen LogP contribution in [0, 0.1) is 6.92 Å². The first-order valence-electron chi connectivity index (χ1n) is 9.70. The number of hydrogen-bond donors (Lipinski definition) is 3. The monoisotopic (exact) mass is 456 g/mol. The quantitative estimate of drug-likeness (QED) is 0.448. The Balaban J connectivity index is 1.79. The highest BCUT2D eigenvalue weighted by molar-refractivity contribution is 7.98. The van der Waals surface area contributed by atoms with Gasteiger partial charge in [0.15, 0.2) is 5.16 Å². The average Bonchev–Trinajstić information content (AvgIpc) is 2.76. The van der Waals surface area contributed by atoms with E-state index in [1.54, 1.807) is 6.92 Å². The Morgan fingerprint density at radius 2 is 2.03 bits per heavy atom. The minimum atomic E-state index is -4.73. The predicted molar refractivity (Wildman–Crippen MR) is 108 cm³/mol. The largest absolute Gasteiger partial charge is 0.451 e. The molecule has 0 saturated carbocycles. The minimum Gasteiger partial charge on any atom is -0.385 e. The lowest BCUT2D eigenvalue weighted by atomic mass is 9.90. The van der Waals surface area contributed by atoms with E-state index < -0.39 is 24.0 Å². The number of nitrogens with zero attached hydrogens (tertiary/aromatic N) is 4. The summed E-state index contributed by atoms with van der Waals surface area (Å²) in [4.78, 5) is 28.4. The first-order chi connectivity index (χ1) is 14.7. The lowest BCUT2D eigenvalue weighted by molar-refractivity contribution is -0.145. The zero-order chi connectivity index (χ0) is 22.6. The third kappa shape index (κ3) is 5.69. The van der Waals surface area contributed by atoms with E-state index in [4.69, 9.17) is 0 Å². The average molecular weight is 456 g/mol. The second-order valence-electron chi connectivity index (χ2n) is 7.11. The summed E-state index contributed by atoms with van der Waals surface area (Å²) in [6, 6.07) is 1.17.